The molecule has 3 rings (SSSR count). The molecule has 5 nitrogen and oxygen atoms in total. The van der Waals surface area contributed by atoms with E-state index < -0.39 is 17.4 Å². The maximum Gasteiger partial charge on any atom is 0.265 e. The SMILES string of the molecule is C[C@H](C(=O)NO)N1CC[C@@](C)(c2ccc(-c3ccccc3)cc2)C1=O. The molecule has 0 spiro atoms. The summed E-state index contributed by atoms with van der Waals surface area (Å²) in [7, 11) is 0. The number of likely N-dealkylation sites (tertiary alicyclic amines) is 1. The first-order chi connectivity index (χ1) is 12.0. The fourth-order valence-corrected chi connectivity index (χ4v) is 3.40. The van der Waals surface area contributed by atoms with Crippen molar-refractivity contribution in [2.45, 2.75) is 31.7 Å². The van der Waals surface area contributed by atoms with Gasteiger partial charge in [0.25, 0.3) is 5.91 Å². The van der Waals surface area contributed by atoms with E-state index in [0.29, 0.717) is 13.0 Å². The standard InChI is InChI=1S/C20H22N2O3/c1-14(18(23)21-25)22-13-12-20(2,19(22)24)17-10-8-16(9-11-17)15-6-4-3-5-7-15/h3-11,14,25H,12-13H2,1-2H3,(H,21,23)/t14-,20+/m1/s1. The van der Waals surface area contributed by atoms with E-state index in [1.807, 2.05) is 61.5 Å². The summed E-state index contributed by atoms with van der Waals surface area (Å²) in [6.45, 7) is 4.02. The fourth-order valence-electron chi connectivity index (χ4n) is 3.40. The van der Waals surface area contributed by atoms with Crippen LogP contribution in [0.25, 0.3) is 11.1 Å². The van der Waals surface area contributed by atoms with Crippen LogP contribution in [0.3, 0.4) is 0 Å². The Bertz CT molecular complexity index is 773. The molecule has 1 saturated heterocycles. The van der Waals surface area contributed by atoms with Crippen molar-refractivity contribution < 1.29 is 14.8 Å². The lowest BCUT2D eigenvalue weighted by Gasteiger charge is -2.27. The van der Waals surface area contributed by atoms with E-state index in [9.17, 15) is 9.59 Å². The van der Waals surface area contributed by atoms with Gasteiger partial charge in [0.1, 0.15) is 6.04 Å². The van der Waals surface area contributed by atoms with Crippen LogP contribution in [0.2, 0.25) is 0 Å². The quantitative estimate of drug-likeness (QED) is 0.665. The number of hydroxylamine groups is 1. The normalized spacial score (nSPS) is 21.2. The summed E-state index contributed by atoms with van der Waals surface area (Å²) in [5.74, 6) is -0.659. The van der Waals surface area contributed by atoms with E-state index >= 15 is 0 Å². The second-order valence-electron chi connectivity index (χ2n) is 6.68. The number of carbonyl (C=O) groups excluding carboxylic acids is 2. The number of nitrogens with one attached hydrogen (secondary N) is 1. The summed E-state index contributed by atoms with van der Waals surface area (Å²) in [6, 6.07) is 17.4. The highest BCUT2D eigenvalue weighted by atomic mass is 16.5. The highest BCUT2D eigenvalue weighted by molar-refractivity contribution is 5.94. The molecule has 2 aromatic carbocycles. The van der Waals surface area contributed by atoms with Crippen molar-refractivity contribution in [2.75, 3.05) is 6.54 Å². The minimum Gasteiger partial charge on any atom is -0.330 e. The Kier molecular flexibility index (Phi) is 4.59. The molecule has 1 aliphatic heterocycles. The maximum atomic E-state index is 12.9. The van der Waals surface area contributed by atoms with Crippen molar-refractivity contribution in [3.05, 3.63) is 60.2 Å². The number of rotatable bonds is 4. The predicted molar refractivity (Wildman–Crippen MR) is 95.0 cm³/mol. The average Bonchev–Trinajstić information content (AvgIpc) is 2.97. The molecular formula is C20H22N2O3. The van der Waals surface area contributed by atoms with Gasteiger partial charge < -0.3 is 4.90 Å². The average molecular weight is 338 g/mol. The molecular weight excluding hydrogens is 316 g/mol. The van der Waals surface area contributed by atoms with Gasteiger partial charge in [-0.15, -0.1) is 0 Å². The zero-order valence-electron chi connectivity index (χ0n) is 14.4. The van der Waals surface area contributed by atoms with Crippen molar-refractivity contribution in [1.82, 2.24) is 10.4 Å². The third-order valence-electron chi connectivity index (χ3n) is 5.17. The van der Waals surface area contributed by atoms with E-state index in [2.05, 4.69) is 0 Å². The molecule has 1 fully saturated rings. The van der Waals surface area contributed by atoms with Gasteiger partial charge in [-0.2, -0.15) is 0 Å². The number of hydrogen-bond donors (Lipinski definition) is 2. The van der Waals surface area contributed by atoms with Gasteiger partial charge in [-0.05, 0) is 37.0 Å². The Morgan fingerprint density at radius 1 is 1.12 bits per heavy atom. The lowest BCUT2D eigenvalue weighted by molar-refractivity contribution is -0.143. The van der Waals surface area contributed by atoms with Gasteiger partial charge in [0.2, 0.25) is 5.91 Å². The summed E-state index contributed by atoms with van der Waals surface area (Å²) in [5.41, 5.74) is 4.14. The molecule has 0 saturated carbocycles. The minimum absolute atomic E-state index is 0.0870. The Balaban J connectivity index is 1.84. The molecule has 2 atom stereocenters. The summed E-state index contributed by atoms with van der Waals surface area (Å²) in [5, 5.41) is 8.80. The number of hydrogen-bond acceptors (Lipinski definition) is 3. The molecule has 5 heteroatoms. The second kappa shape index (κ2) is 6.69. The van der Waals surface area contributed by atoms with E-state index in [1.165, 1.54) is 4.90 Å². The van der Waals surface area contributed by atoms with Crippen LogP contribution in [0, 0.1) is 0 Å². The van der Waals surface area contributed by atoms with E-state index in [4.69, 9.17) is 5.21 Å². The van der Waals surface area contributed by atoms with Crippen molar-refractivity contribution in [1.29, 1.82) is 0 Å². The molecule has 2 N–H and O–H groups in total. The molecule has 25 heavy (non-hydrogen) atoms. The Morgan fingerprint density at radius 2 is 1.72 bits per heavy atom. The molecule has 0 aliphatic carbocycles. The van der Waals surface area contributed by atoms with E-state index in [-0.39, 0.29) is 5.91 Å². The first kappa shape index (κ1) is 17.2. The molecule has 2 aromatic rings. The molecule has 2 amide bonds. The Labute approximate surface area is 147 Å². The number of carbonyl (C=O) groups is 2. The van der Waals surface area contributed by atoms with Gasteiger partial charge in [-0.25, -0.2) is 5.48 Å². The third kappa shape index (κ3) is 3.03. The van der Waals surface area contributed by atoms with Crippen LogP contribution in [-0.4, -0.2) is 34.5 Å². The molecule has 0 radical (unpaired) electrons. The number of amides is 2. The van der Waals surface area contributed by atoms with Crippen molar-refractivity contribution in [3.63, 3.8) is 0 Å². The van der Waals surface area contributed by atoms with E-state index in [0.717, 1.165) is 16.7 Å². The first-order valence-electron chi connectivity index (χ1n) is 8.38. The Hall–Kier alpha value is -2.66. The van der Waals surface area contributed by atoms with Gasteiger partial charge in [0.05, 0.1) is 5.41 Å². The lowest BCUT2D eigenvalue weighted by Crippen LogP contribution is -2.47. The summed E-state index contributed by atoms with van der Waals surface area (Å²) < 4.78 is 0. The second-order valence-corrected chi connectivity index (χ2v) is 6.68. The van der Waals surface area contributed by atoms with E-state index in [1.54, 1.807) is 12.4 Å². The molecule has 1 heterocycles. The smallest absolute Gasteiger partial charge is 0.265 e. The zero-order chi connectivity index (χ0) is 18.0. The zero-order valence-corrected chi connectivity index (χ0v) is 14.4. The minimum atomic E-state index is -0.692. The summed E-state index contributed by atoms with van der Waals surface area (Å²) in [6.07, 6.45) is 0.638. The van der Waals surface area contributed by atoms with Crippen molar-refractivity contribution >= 4 is 11.8 Å². The predicted octanol–water partition coefficient (Wildman–Crippen LogP) is 2.74. The molecule has 1 aliphatic rings. The third-order valence-corrected chi connectivity index (χ3v) is 5.17. The topological polar surface area (TPSA) is 69.6 Å². The van der Waals surface area contributed by atoms with Gasteiger partial charge in [0, 0.05) is 6.54 Å². The van der Waals surface area contributed by atoms with Crippen molar-refractivity contribution in [2.24, 2.45) is 0 Å². The molecule has 0 unspecified atom stereocenters. The van der Waals surface area contributed by atoms with Gasteiger partial charge >= 0.3 is 0 Å². The molecule has 0 bridgehead atoms. The van der Waals surface area contributed by atoms with Gasteiger partial charge in [-0.3, -0.25) is 14.8 Å². The van der Waals surface area contributed by atoms with Crippen LogP contribution >= 0.6 is 0 Å². The lowest BCUT2D eigenvalue weighted by atomic mass is 9.80. The molecule has 0 aromatic heterocycles. The van der Waals surface area contributed by atoms with Crippen LogP contribution in [0.15, 0.2) is 54.6 Å². The van der Waals surface area contributed by atoms with Crippen LogP contribution in [0.1, 0.15) is 25.8 Å². The highest BCUT2D eigenvalue weighted by Gasteiger charge is 2.46. The first-order valence-corrected chi connectivity index (χ1v) is 8.38. The number of nitrogens with zero attached hydrogens (tertiary/aromatic N) is 1. The summed E-state index contributed by atoms with van der Waals surface area (Å²) >= 11 is 0. The van der Waals surface area contributed by atoms with Crippen molar-refractivity contribution in [3.8, 4) is 11.1 Å². The summed E-state index contributed by atoms with van der Waals surface area (Å²) in [4.78, 5) is 26.1. The van der Waals surface area contributed by atoms with Gasteiger partial charge in [0.15, 0.2) is 0 Å². The monoisotopic (exact) mass is 338 g/mol. The Morgan fingerprint density at radius 3 is 2.32 bits per heavy atom. The van der Waals surface area contributed by atoms with Crippen LogP contribution in [0.5, 0.6) is 0 Å². The van der Waals surface area contributed by atoms with Crippen LogP contribution in [0.4, 0.5) is 0 Å². The van der Waals surface area contributed by atoms with Crippen LogP contribution in [-0.2, 0) is 15.0 Å². The maximum absolute atomic E-state index is 12.9. The highest BCUT2D eigenvalue weighted by Crippen LogP contribution is 2.37. The number of benzene rings is 2. The molecule has 130 valence electrons. The fraction of sp³-hybridized carbons (Fsp3) is 0.300. The largest absolute Gasteiger partial charge is 0.330 e. The van der Waals surface area contributed by atoms with Gasteiger partial charge in [-0.1, -0.05) is 54.6 Å². The van der Waals surface area contributed by atoms with Crippen LogP contribution < -0.4 is 5.48 Å².